The number of phenolic OH excluding ortho intramolecular Hbond substituents is 1. The minimum Gasteiger partial charge on any atom is -0.508 e. The second-order valence-corrected chi connectivity index (χ2v) is 4.09. The Bertz CT molecular complexity index is 391. The molecule has 92 valence electrons. The molecule has 0 aliphatic rings. The second-order valence-electron chi connectivity index (χ2n) is 3.04. The zero-order valence-corrected chi connectivity index (χ0v) is 10.1. The van der Waals surface area contributed by atoms with E-state index < -0.39 is 5.97 Å². The van der Waals surface area contributed by atoms with Crippen molar-refractivity contribution >= 4 is 23.0 Å². The lowest BCUT2D eigenvalue weighted by molar-refractivity contribution is -0.141. The summed E-state index contributed by atoms with van der Waals surface area (Å²) < 4.78 is 4.66. The normalized spacial score (nSPS) is 9.71. The van der Waals surface area contributed by atoms with Gasteiger partial charge in [-0.2, -0.15) is 0 Å². The Morgan fingerprint density at radius 3 is 2.59 bits per heavy atom. The SMILES string of the molecule is CCOC(=O)CNC(=O)Sc1ccc(O)cc1. The summed E-state index contributed by atoms with van der Waals surface area (Å²) >= 11 is 0.943. The fourth-order valence-corrected chi connectivity index (χ4v) is 1.64. The van der Waals surface area contributed by atoms with Gasteiger partial charge in [-0.05, 0) is 43.0 Å². The molecule has 0 fully saturated rings. The van der Waals surface area contributed by atoms with Crippen molar-refractivity contribution in [3.63, 3.8) is 0 Å². The molecule has 1 aromatic rings. The van der Waals surface area contributed by atoms with Gasteiger partial charge in [-0.3, -0.25) is 9.59 Å². The molecule has 0 aromatic heterocycles. The van der Waals surface area contributed by atoms with E-state index in [2.05, 4.69) is 10.1 Å². The van der Waals surface area contributed by atoms with E-state index in [1.54, 1.807) is 19.1 Å². The number of nitrogens with one attached hydrogen (secondary N) is 1. The molecule has 1 aromatic carbocycles. The molecule has 0 bridgehead atoms. The van der Waals surface area contributed by atoms with Crippen LogP contribution in [0.3, 0.4) is 0 Å². The van der Waals surface area contributed by atoms with E-state index in [0.717, 1.165) is 11.8 Å². The van der Waals surface area contributed by atoms with Gasteiger partial charge in [0.05, 0.1) is 6.61 Å². The van der Waals surface area contributed by atoms with Crippen molar-refractivity contribution in [1.29, 1.82) is 0 Å². The molecule has 0 heterocycles. The molecule has 0 atom stereocenters. The van der Waals surface area contributed by atoms with Crippen LogP contribution in [0.2, 0.25) is 0 Å². The molecule has 1 amide bonds. The van der Waals surface area contributed by atoms with Gasteiger partial charge in [-0.1, -0.05) is 0 Å². The van der Waals surface area contributed by atoms with E-state index in [4.69, 9.17) is 5.11 Å². The van der Waals surface area contributed by atoms with Gasteiger partial charge < -0.3 is 15.2 Å². The number of ether oxygens (including phenoxy) is 1. The monoisotopic (exact) mass is 255 g/mol. The third-order valence-corrected chi connectivity index (χ3v) is 2.57. The highest BCUT2D eigenvalue weighted by molar-refractivity contribution is 8.13. The Morgan fingerprint density at radius 1 is 1.35 bits per heavy atom. The second kappa shape index (κ2) is 6.80. The third kappa shape index (κ3) is 5.26. The molecule has 0 spiro atoms. The lowest BCUT2D eigenvalue weighted by Gasteiger charge is -2.04. The molecule has 6 heteroatoms. The van der Waals surface area contributed by atoms with Crippen LogP contribution < -0.4 is 5.32 Å². The smallest absolute Gasteiger partial charge is 0.325 e. The zero-order chi connectivity index (χ0) is 12.7. The maximum absolute atomic E-state index is 11.4. The van der Waals surface area contributed by atoms with E-state index in [0.29, 0.717) is 11.5 Å². The molecule has 0 aliphatic heterocycles. The summed E-state index contributed by atoms with van der Waals surface area (Å²) in [6.07, 6.45) is 0. The molecule has 0 radical (unpaired) electrons. The predicted octanol–water partition coefficient (Wildman–Crippen LogP) is 1.76. The Balaban J connectivity index is 2.34. The minimum absolute atomic E-state index is 0.140. The van der Waals surface area contributed by atoms with Crippen molar-refractivity contribution in [3.05, 3.63) is 24.3 Å². The molecule has 0 saturated carbocycles. The van der Waals surface area contributed by atoms with Gasteiger partial charge in [0.2, 0.25) is 0 Å². The van der Waals surface area contributed by atoms with Crippen LogP contribution in [0.5, 0.6) is 5.75 Å². The highest BCUT2D eigenvalue weighted by Crippen LogP contribution is 2.20. The van der Waals surface area contributed by atoms with Gasteiger partial charge in [0.25, 0.3) is 5.24 Å². The Labute approximate surface area is 103 Å². The van der Waals surface area contributed by atoms with E-state index in [9.17, 15) is 9.59 Å². The number of phenols is 1. The quantitative estimate of drug-likeness (QED) is 0.633. The molecule has 0 saturated heterocycles. The molecule has 1 rings (SSSR count). The van der Waals surface area contributed by atoms with Crippen LogP contribution in [0.1, 0.15) is 6.92 Å². The minimum atomic E-state index is -0.466. The molecule has 0 unspecified atom stereocenters. The van der Waals surface area contributed by atoms with Crippen LogP contribution in [0, 0.1) is 0 Å². The van der Waals surface area contributed by atoms with Crippen LogP contribution in [0.25, 0.3) is 0 Å². The van der Waals surface area contributed by atoms with Gasteiger partial charge in [-0.25, -0.2) is 0 Å². The van der Waals surface area contributed by atoms with Crippen molar-refractivity contribution < 1.29 is 19.4 Å². The zero-order valence-electron chi connectivity index (χ0n) is 9.30. The Hall–Kier alpha value is -1.69. The summed E-state index contributed by atoms with van der Waals surface area (Å²) in [4.78, 5) is 23.0. The summed E-state index contributed by atoms with van der Waals surface area (Å²) in [5, 5.41) is 11.1. The number of carbonyl (C=O) groups excluding carboxylic acids is 2. The average Bonchev–Trinajstić information content (AvgIpc) is 2.30. The van der Waals surface area contributed by atoms with E-state index >= 15 is 0 Å². The van der Waals surface area contributed by atoms with Crippen LogP contribution in [0.4, 0.5) is 4.79 Å². The summed E-state index contributed by atoms with van der Waals surface area (Å²) in [5.41, 5.74) is 0. The van der Waals surface area contributed by atoms with Crippen molar-refractivity contribution in [2.24, 2.45) is 0 Å². The number of aromatic hydroxyl groups is 1. The van der Waals surface area contributed by atoms with Gasteiger partial charge in [-0.15, -0.1) is 0 Å². The molecule has 17 heavy (non-hydrogen) atoms. The lowest BCUT2D eigenvalue weighted by Crippen LogP contribution is -2.27. The highest BCUT2D eigenvalue weighted by Gasteiger charge is 2.07. The molecule has 0 aliphatic carbocycles. The number of hydrogen-bond acceptors (Lipinski definition) is 5. The number of carbonyl (C=O) groups is 2. The number of hydrogen-bond donors (Lipinski definition) is 2. The maximum atomic E-state index is 11.4. The van der Waals surface area contributed by atoms with E-state index in [1.165, 1.54) is 12.1 Å². The number of rotatable bonds is 4. The van der Waals surface area contributed by atoms with Gasteiger partial charge in [0.1, 0.15) is 12.3 Å². The third-order valence-electron chi connectivity index (χ3n) is 1.73. The maximum Gasteiger partial charge on any atom is 0.325 e. The van der Waals surface area contributed by atoms with Crippen molar-refractivity contribution in [2.45, 2.75) is 11.8 Å². The predicted molar refractivity (Wildman–Crippen MR) is 64.0 cm³/mol. The van der Waals surface area contributed by atoms with Gasteiger partial charge >= 0.3 is 5.97 Å². The molecular formula is C11H13NO4S. The summed E-state index contributed by atoms with van der Waals surface area (Å²) in [5.74, 6) is -0.326. The first-order valence-corrected chi connectivity index (χ1v) is 5.83. The van der Waals surface area contributed by atoms with Crippen LogP contribution in [-0.2, 0) is 9.53 Å². The van der Waals surface area contributed by atoms with Gasteiger partial charge in [0, 0.05) is 4.90 Å². The topological polar surface area (TPSA) is 75.6 Å². The highest BCUT2D eigenvalue weighted by atomic mass is 32.2. The number of amides is 1. The van der Waals surface area contributed by atoms with Crippen LogP contribution in [0.15, 0.2) is 29.2 Å². The van der Waals surface area contributed by atoms with Crippen LogP contribution >= 0.6 is 11.8 Å². The van der Waals surface area contributed by atoms with Crippen molar-refractivity contribution in [2.75, 3.05) is 13.2 Å². The largest absolute Gasteiger partial charge is 0.508 e. The van der Waals surface area contributed by atoms with Crippen molar-refractivity contribution in [1.82, 2.24) is 5.32 Å². The Morgan fingerprint density at radius 2 is 2.00 bits per heavy atom. The standard InChI is InChI=1S/C11H13NO4S/c1-2-16-10(14)7-12-11(15)17-9-5-3-8(13)4-6-9/h3-6,13H,2,7H2,1H3,(H,12,15). The fraction of sp³-hybridized carbons (Fsp3) is 0.273. The first kappa shape index (κ1) is 13.4. The Kier molecular flexibility index (Phi) is 5.35. The first-order valence-electron chi connectivity index (χ1n) is 5.02. The fourth-order valence-electron chi connectivity index (χ4n) is 1.01. The number of benzene rings is 1. The average molecular weight is 255 g/mol. The van der Waals surface area contributed by atoms with E-state index in [1.807, 2.05) is 0 Å². The van der Waals surface area contributed by atoms with Crippen LogP contribution in [-0.4, -0.2) is 29.5 Å². The summed E-state index contributed by atoms with van der Waals surface area (Å²) in [6, 6.07) is 6.20. The first-order chi connectivity index (χ1) is 8.11. The number of esters is 1. The van der Waals surface area contributed by atoms with E-state index in [-0.39, 0.29) is 17.5 Å². The number of thioether (sulfide) groups is 1. The lowest BCUT2D eigenvalue weighted by atomic mass is 10.3. The molecule has 5 nitrogen and oxygen atoms in total. The summed E-state index contributed by atoms with van der Waals surface area (Å²) in [6.45, 7) is 1.85. The molecular weight excluding hydrogens is 242 g/mol. The summed E-state index contributed by atoms with van der Waals surface area (Å²) in [7, 11) is 0. The molecule has 2 N–H and O–H groups in total. The van der Waals surface area contributed by atoms with Gasteiger partial charge in [0.15, 0.2) is 0 Å². The van der Waals surface area contributed by atoms with Crippen molar-refractivity contribution in [3.8, 4) is 5.75 Å².